The maximum atomic E-state index is 12.6. The van der Waals surface area contributed by atoms with Crippen LogP contribution in [0.2, 0.25) is 5.02 Å². The molecule has 6 nitrogen and oxygen atoms in total. The van der Waals surface area contributed by atoms with Gasteiger partial charge in [0, 0.05) is 23.2 Å². The lowest BCUT2D eigenvalue weighted by molar-refractivity contribution is -0.115. The first-order valence-corrected chi connectivity index (χ1v) is 9.85. The number of aromatic nitrogens is 3. The van der Waals surface area contributed by atoms with E-state index in [2.05, 4.69) is 15.5 Å². The zero-order chi connectivity index (χ0) is 20.3. The molecule has 0 bridgehead atoms. The van der Waals surface area contributed by atoms with Crippen LogP contribution in [-0.2, 0) is 11.8 Å². The molecule has 0 aliphatic carbocycles. The second-order valence-corrected chi connectivity index (χ2v) is 7.97. The zero-order valence-electron chi connectivity index (χ0n) is 15.6. The van der Waals surface area contributed by atoms with Crippen molar-refractivity contribution in [2.75, 3.05) is 5.32 Å². The van der Waals surface area contributed by atoms with Crippen LogP contribution in [0.15, 0.2) is 53.7 Å². The highest BCUT2D eigenvalue weighted by atomic mass is 35.5. The van der Waals surface area contributed by atoms with Gasteiger partial charge in [0.15, 0.2) is 16.8 Å². The van der Waals surface area contributed by atoms with Gasteiger partial charge in [0.2, 0.25) is 5.91 Å². The molecular weight excluding hydrogens is 396 g/mol. The number of Topliss-reactive ketones (excluding diaryl/α,β-unsaturated/α-hetero) is 1. The van der Waals surface area contributed by atoms with Gasteiger partial charge in [-0.2, -0.15) is 0 Å². The highest BCUT2D eigenvalue weighted by Crippen LogP contribution is 2.27. The zero-order valence-corrected chi connectivity index (χ0v) is 17.2. The number of benzene rings is 2. The molecule has 1 atom stereocenters. The molecule has 0 aliphatic rings. The minimum atomic E-state index is -0.430. The first kappa shape index (κ1) is 20.1. The van der Waals surface area contributed by atoms with Gasteiger partial charge in [-0.3, -0.25) is 9.59 Å². The number of thioether (sulfide) groups is 1. The summed E-state index contributed by atoms with van der Waals surface area (Å²) in [6, 6.07) is 14.3. The van der Waals surface area contributed by atoms with Gasteiger partial charge in [-0.15, -0.1) is 10.2 Å². The molecule has 1 aromatic heterocycles. The van der Waals surface area contributed by atoms with Gasteiger partial charge in [-0.25, -0.2) is 0 Å². The number of nitrogens with one attached hydrogen (secondary N) is 1. The van der Waals surface area contributed by atoms with Crippen molar-refractivity contribution in [2.45, 2.75) is 24.3 Å². The van der Waals surface area contributed by atoms with E-state index < -0.39 is 5.25 Å². The molecule has 1 heterocycles. The topological polar surface area (TPSA) is 76.9 Å². The second kappa shape index (κ2) is 8.58. The Morgan fingerprint density at radius 3 is 2.46 bits per heavy atom. The first-order valence-electron chi connectivity index (χ1n) is 8.59. The summed E-state index contributed by atoms with van der Waals surface area (Å²) in [6.07, 6.45) is 0. The Balaban J connectivity index is 1.73. The average molecular weight is 415 g/mol. The number of carbonyl (C=O) groups is 2. The molecule has 28 heavy (non-hydrogen) atoms. The Morgan fingerprint density at radius 1 is 1.11 bits per heavy atom. The van der Waals surface area contributed by atoms with E-state index in [1.54, 1.807) is 43.3 Å². The monoisotopic (exact) mass is 414 g/mol. The van der Waals surface area contributed by atoms with E-state index in [0.29, 0.717) is 27.3 Å². The van der Waals surface area contributed by atoms with Crippen LogP contribution in [0.4, 0.5) is 5.69 Å². The van der Waals surface area contributed by atoms with E-state index >= 15 is 0 Å². The summed E-state index contributed by atoms with van der Waals surface area (Å²) in [5.41, 5.74) is 1.88. The van der Waals surface area contributed by atoms with Gasteiger partial charge >= 0.3 is 0 Å². The lowest BCUT2D eigenvalue weighted by atomic mass is 10.1. The van der Waals surface area contributed by atoms with Crippen molar-refractivity contribution < 1.29 is 9.59 Å². The summed E-state index contributed by atoms with van der Waals surface area (Å²) < 4.78 is 1.83. The van der Waals surface area contributed by atoms with Crippen LogP contribution in [0.3, 0.4) is 0 Å². The van der Waals surface area contributed by atoms with Crippen LogP contribution < -0.4 is 5.32 Å². The summed E-state index contributed by atoms with van der Waals surface area (Å²) >= 11 is 7.23. The number of amides is 1. The van der Waals surface area contributed by atoms with Crippen molar-refractivity contribution in [3.05, 3.63) is 59.1 Å². The predicted molar refractivity (Wildman–Crippen MR) is 112 cm³/mol. The van der Waals surface area contributed by atoms with E-state index in [-0.39, 0.29) is 11.7 Å². The number of para-hydroxylation sites is 1. The molecule has 0 spiro atoms. The summed E-state index contributed by atoms with van der Waals surface area (Å²) in [5.74, 6) is 0.376. The van der Waals surface area contributed by atoms with Crippen molar-refractivity contribution in [3.63, 3.8) is 0 Å². The van der Waals surface area contributed by atoms with E-state index in [4.69, 9.17) is 11.6 Å². The van der Waals surface area contributed by atoms with Crippen LogP contribution in [0.5, 0.6) is 0 Å². The van der Waals surface area contributed by atoms with Crippen LogP contribution in [0.1, 0.15) is 24.2 Å². The fraction of sp³-hybridized carbons (Fsp3) is 0.200. The normalized spacial score (nSPS) is 11.9. The number of rotatable bonds is 6. The molecule has 0 saturated carbocycles. The van der Waals surface area contributed by atoms with Gasteiger partial charge < -0.3 is 9.88 Å². The smallest absolute Gasteiger partial charge is 0.237 e. The van der Waals surface area contributed by atoms with E-state index in [0.717, 1.165) is 5.56 Å². The molecule has 0 unspecified atom stereocenters. The Labute approximate surface area is 172 Å². The lowest BCUT2D eigenvalue weighted by Crippen LogP contribution is -2.23. The molecule has 2 aromatic carbocycles. The molecular formula is C20H19ClN4O2S. The fourth-order valence-corrected chi connectivity index (χ4v) is 3.55. The van der Waals surface area contributed by atoms with Gasteiger partial charge in [-0.1, -0.05) is 35.5 Å². The third-order valence-electron chi connectivity index (χ3n) is 4.15. The van der Waals surface area contributed by atoms with E-state index in [1.807, 2.05) is 23.7 Å². The van der Waals surface area contributed by atoms with Gasteiger partial charge in [0.1, 0.15) is 0 Å². The fourth-order valence-electron chi connectivity index (χ4n) is 2.61. The van der Waals surface area contributed by atoms with Crippen LogP contribution in [-0.4, -0.2) is 31.7 Å². The van der Waals surface area contributed by atoms with Crippen LogP contribution >= 0.6 is 23.4 Å². The quantitative estimate of drug-likeness (QED) is 0.476. The Hall–Kier alpha value is -2.64. The Kier molecular flexibility index (Phi) is 6.16. The van der Waals surface area contributed by atoms with Crippen LogP contribution in [0, 0.1) is 0 Å². The summed E-state index contributed by atoms with van der Waals surface area (Å²) in [7, 11) is 1.85. The molecule has 144 valence electrons. The highest BCUT2D eigenvalue weighted by Gasteiger charge is 2.20. The van der Waals surface area contributed by atoms with E-state index in [9.17, 15) is 9.59 Å². The maximum Gasteiger partial charge on any atom is 0.237 e. The third kappa shape index (κ3) is 4.43. The Morgan fingerprint density at radius 2 is 1.79 bits per heavy atom. The van der Waals surface area contributed by atoms with Gasteiger partial charge in [0.05, 0.1) is 10.9 Å². The Bertz CT molecular complexity index is 1020. The highest BCUT2D eigenvalue weighted by molar-refractivity contribution is 8.00. The van der Waals surface area contributed by atoms with Crippen molar-refractivity contribution in [1.82, 2.24) is 14.8 Å². The predicted octanol–water partition coefficient (Wildman–Crippen LogP) is 4.46. The molecule has 3 rings (SSSR count). The largest absolute Gasteiger partial charge is 0.324 e. The number of hydrogen-bond acceptors (Lipinski definition) is 5. The van der Waals surface area contributed by atoms with Crippen LogP contribution in [0.25, 0.3) is 11.4 Å². The minimum absolute atomic E-state index is 0.0999. The summed E-state index contributed by atoms with van der Waals surface area (Å²) in [4.78, 5) is 24.3. The van der Waals surface area contributed by atoms with Gasteiger partial charge in [-0.05, 0) is 50.2 Å². The number of halogens is 1. The second-order valence-electron chi connectivity index (χ2n) is 6.22. The molecule has 0 radical (unpaired) electrons. The van der Waals surface area contributed by atoms with Gasteiger partial charge in [0.25, 0.3) is 0 Å². The number of carbonyl (C=O) groups excluding carboxylic acids is 2. The lowest BCUT2D eigenvalue weighted by Gasteiger charge is -2.13. The number of nitrogens with zero attached hydrogens (tertiary/aromatic N) is 3. The summed E-state index contributed by atoms with van der Waals surface area (Å²) in [6.45, 7) is 3.26. The first-order chi connectivity index (χ1) is 13.4. The van der Waals surface area contributed by atoms with E-state index in [1.165, 1.54) is 18.7 Å². The summed E-state index contributed by atoms with van der Waals surface area (Å²) in [5, 5.41) is 12.1. The third-order valence-corrected chi connectivity index (χ3v) is 5.54. The number of anilines is 1. The molecule has 0 saturated heterocycles. The molecule has 3 aromatic rings. The minimum Gasteiger partial charge on any atom is -0.324 e. The number of hydrogen-bond donors (Lipinski definition) is 1. The maximum absolute atomic E-state index is 12.6. The van der Waals surface area contributed by atoms with Crippen molar-refractivity contribution >= 4 is 40.7 Å². The SMILES string of the molecule is CC(=O)c1ccccc1NC(=O)[C@H](C)Sc1nnc(-c2ccc(Cl)cc2)n1C. The molecule has 1 amide bonds. The molecule has 1 N–H and O–H groups in total. The molecule has 0 aliphatic heterocycles. The van der Waals surface area contributed by atoms with Crippen molar-refractivity contribution in [3.8, 4) is 11.4 Å². The number of ketones is 1. The van der Waals surface area contributed by atoms with Crippen molar-refractivity contribution in [1.29, 1.82) is 0 Å². The standard InChI is InChI=1S/C20H19ClN4O2S/c1-12(26)16-6-4-5-7-17(16)22-19(27)13(2)28-20-24-23-18(25(20)3)14-8-10-15(21)11-9-14/h4-11,13H,1-3H3,(H,22,27)/t13-/m0/s1. The molecule has 8 heteroatoms. The van der Waals surface area contributed by atoms with Crippen molar-refractivity contribution in [2.24, 2.45) is 7.05 Å². The average Bonchev–Trinajstić information content (AvgIpc) is 3.03. The molecule has 0 fully saturated rings.